The highest BCUT2D eigenvalue weighted by atomic mass is 35.5. The van der Waals surface area contributed by atoms with Gasteiger partial charge in [0.25, 0.3) is 5.91 Å². The van der Waals surface area contributed by atoms with Crippen LogP contribution in [-0.4, -0.2) is 34.6 Å². The summed E-state index contributed by atoms with van der Waals surface area (Å²) in [5.74, 6) is -0.121. The number of rotatable bonds is 1. The molecule has 1 aromatic rings. The van der Waals surface area contributed by atoms with Crippen molar-refractivity contribution in [2.75, 3.05) is 18.8 Å². The Morgan fingerprint density at radius 2 is 2.29 bits per heavy atom. The Morgan fingerprint density at radius 1 is 1.59 bits per heavy atom. The summed E-state index contributed by atoms with van der Waals surface area (Å²) in [6.45, 7) is 2.65. The van der Waals surface area contributed by atoms with Gasteiger partial charge in [0.1, 0.15) is 0 Å². The summed E-state index contributed by atoms with van der Waals surface area (Å²) >= 11 is 5.88. The molecule has 1 aliphatic rings. The molecule has 0 spiro atoms. The van der Waals surface area contributed by atoms with Crippen LogP contribution in [0.3, 0.4) is 0 Å². The minimum atomic E-state index is -0.784. The third-order valence-electron chi connectivity index (χ3n) is 2.99. The van der Waals surface area contributed by atoms with E-state index in [-0.39, 0.29) is 5.91 Å². The molecular weight excluding hydrogens is 240 g/mol. The fraction of sp³-hybridized carbons (Fsp3) is 0.417. The number of nitrogens with zero attached hydrogens (tertiary/aromatic N) is 1. The highest BCUT2D eigenvalue weighted by molar-refractivity contribution is 6.33. The predicted octanol–water partition coefficient (Wildman–Crippen LogP) is 1.52. The summed E-state index contributed by atoms with van der Waals surface area (Å²) in [5.41, 5.74) is 5.76. The van der Waals surface area contributed by atoms with Crippen LogP contribution < -0.4 is 5.73 Å². The normalized spacial score (nSPS) is 24.1. The summed E-state index contributed by atoms with van der Waals surface area (Å²) in [6.07, 6.45) is 0.599. The first-order valence-corrected chi connectivity index (χ1v) is 5.83. The van der Waals surface area contributed by atoms with E-state index in [1.807, 2.05) is 0 Å². The van der Waals surface area contributed by atoms with E-state index in [4.69, 9.17) is 17.3 Å². The first-order valence-electron chi connectivity index (χ1n) is 5.46. The van der Waals surface area contributed by atoms with Gasteiger partial charge in [-0.3, -0.25) is 4.79 Å². The van der Waals surface area contributed by atoms with Gasteiger partial charge in [0.05, 0.1) is 16.3 Å². The lowest BCUT2D eigenvalue weighted by Crippen LogP contribution is -2.33. The van der Waals surface area contributed by atoms with Gasteiger partial charge in [-0.05, 0) is 31.5 Å². The molecule has 3 N–H and O–H groups in total. The second-order valence-corrected chi connectivity index (χ2v) is 5.12. The number of nitrogen functional groups attached to an aromatic ring is 1. The molecule has 0 aliphatic carbocycles. The van der Waals surface area contributed by atoms with E-state index >= 15 is 0 Å². The summed E-state index contributed by atoms with van der Waals surface area (Å²) in [7, 11) is 0. The molecule has 17 heavy (non-hydrogen) atoms. The van der Waals surface area contributed by atoms with Crippen molar-refractivity contribution < 1.29 is 9.90 Å². The zero-order chi connectivity index (χ0) is 12.6. The number of benzene rings is 1. The quantitative estimate of drug-likeness (QED) is 0.747. The van der Waals surface area contributed by atoms with Gasteiger partial charge in [-0.1, -0.05) is 11.6 Å². The molecule has 1 fully saturated rings. The fourth-order valence-corrected chi connectivity index (χ4v) is 2.14. The van der Waals surface area contributed by atoms with Crippen LogP contribution in [0.4, 0.5) is 5.69 Å². The van der Waals surface area contributed by atoms with Crippen LogP contribution in [0, 0.1) is 0 Å². The number of carbonyl (C=O) groups excluding carboxylic acids is 1. The molecule has 1 amide bonds. The number of hydrogen-bond donors (Lipinski definition) is 2. The Morgan fingerprint density at radius 3 is 2.82 bits per heavy atom. The van der Waals surface area contributed by atoms with Gasteiger partial charge in [0.2, 0.25) is 0 Å². The van der Waals surface area contributed by atoms with Crippen molar-refractivity contribution in [2.24, 2.45) is 0 Å². The topological polar surface area (TPSA) is 66.6 Å². The second kappa shape index (κ2) is 4.20. The number of halogens is 1. The van der Waals surface area contributed by atoms with Crippen molar-refractivity contribution in [1.29, 1.82) is 0 Å². The lowest BCUT2D eigenvalue weighted by atomic mass is 10.1. The Labute approximate surface area is 105 Å². The zero-order valence-corrected chi connectivity index (χ0v) is 10.4. The van der Waals surface area contributed by atoms with Gasteiger partial charge >= 0.3 is 0 Å². The standard InChI is InChI=1S/C12H15ClN2O2/c1-12(17)4-5-15(7-12)11(16)8-2-3-10(14)9(13)6-8/h2-3,6,17H,4-5,7,14H2,1H3. The van der Waals surface area contributed by atoms with E-state index in [0.717, 1.165) is 0 Å². The molecule has 1 heterocycles. The van der Waals surface area contributed by atoms with Gasteiger partial charge in [-0.15, -0.1) is 0 Å². The van der Waals surface area contributed by atoms with Crippen molar-refractivity contribution in [3.63, 3.8) is 0 Å². The number of β-amino-alcohol motifs (C(OH)–C–C–N with tert-alkyl or cyclic N) is 1. The maximum Gasteiger partial charge on any atom is 0.254 e. The number of aliphatic hydroxyl groups is 1. The minimum absolute atomic E-state index is 0.121. The fourth-order valence-electron chi connectivity index (χ4n) is 1.96. The molecule has 1 atom stereocenters. The van der Waals surface area contributed by atoms with E-state index in [1.165, 1.54) is 0 Å². The van der Waals surface area contributed by atoms with Crippen LogP contribution in [0.25, 0.3) is 0 Å². The molecule has 4 nitrogen and oxygen atoms in total. The van der Waals surface area contributed by atoms with E-state index in [1.54, 1.807) is 30.0 Å². The lowest BCUT2D eigenvalue weighted by Gasteiger charge is -2.19. The van der Waals surface area contributed by atoms with Crippen molar-refractivity contribution in [1.82, 2.24) is 4.90 Å². The maximum atomic E-state index is 12.1. The van der Waals surface area contributed by atoms with Crippen molar-refractivity contribution in [2.45, 2.75) is 18.9 Å². The second-order valence-electron chi connectivity index (χ2n) is 4.71. The minimum Gasteiger partial charge on any atom is -0.398 e. The van der Waals surface area contributed by atoms with Gasteiger partial charge < -0.3 is 15.7 Å². The predicted molar refractivity (Wildman–Crippen MR) is 67.0 cm³/mol. The van der Waals surface area contributed by atoms with Crippen LogP contribution in [0.2, 0.25) is 5.02 Å². The van der Waals surface area contributed by atoms with Crippen molar-refractivity contribution in [3.05, 3.63) is 28.8 Å². The van der Waals surface area contributed by atoms with Crippen LogP contribution in [0.5, 0.6) is 0 Å². The van der Waals surface area contributed by atoms with Crippen LogP contribution in [0.15, 0.2) is 18.2 Å². The number of nitrogens with two attached hydrogens (primary N) is 1. The molecule has 1 aromatic carbocycles. The van der Waals surface area contributed by atoms with E-state index < -0.39 is 5.60 Å². The molecule has 0 bridgehead atoms. The average molecular weight is 255 g/mol. The molecule has 92 valence electrons. The third-order valence-corrected chi connectivity index (χ3v) is 3.31. The molecule has 1 aliphatic heterocycles. The highest BCUT2D eigenvalue weighted by Crippen LogP contribution is 2.24. The number of carbonyl (C=O) groups is 1. The molecule has 0 radical (unpaired) electrons. The van der Waals surface area contributed by atoms with E-state index in [9.17, 15) is 9.90 Å². The molecule has 5 heteroatoms. The Hall–Kier alpha value is -1.26. The van der Waals surface area contributed by atoms with Crippen LogP contribution >= 0.6 is 11.6 Å². The average Bonchev–Trinajstić information content (AvgIpc) is 2.62. The van der Waals surface area contributed by atoms with Gasteiger partial charge in [0.15, 0.2) is 0 Å². The van der Waals surface area contributed by atoms with Crippen molar-refractivity contribution >= 4 is 23.2 Å². The van der Waals surface area contributed by atoms with Crippen LogP contribution in [-0.2, 0) is 0 Å². The van der Waals surface area contributed by atoms with E-state index in [2.05, 4.69) is 0 Å². The number of hydrogen-bond acceptors (Lipinski definition) is 3. The smallest absolute Gasteiger partial charge is 0.254 e. The largest absolute Gasteiger partial charge is 0.398 e. The first kappa shape index (κ1) is 12.2. The van der Waals surface area contributed by atoms with Gasteiger partial charge in [-0.25, -0.2) is 0 Å². The van der Waals surface area contributed by atoms with E-state index in [0.29, 0.717) is 35.8 Å². The highest BCUT2D eigenvalue weighted by Gasteiger charge is 2.34. The van der Waals surface area contributed by atoms with Gasteiger partial charge in [0, 0.05) is 18.7 Å². The Kier molecular flexibility index (Phi) is 3.02. The number of amides is 1. The monoisotopic (exact) mass is 254 g/mol. The number of anilines is 1. The molecule has 1 unspecified atom stereocenters. The summed E-state index contributed by atoms with van der Waals surface area (Å²) in [4.78, 5) is 13.7. The Bertz CT molecular complexity index is 460. The molecule has 0 aromatic heterocycles. The molecule has 0 saturated carbocycles. The summed E-state index contributed by atoms with van der Waals surface area (Å²) < 4.78 is 0. The van der Waals surface area contributed by atoms with Gasteiger partial charge in [-0.2, -0.15) is 0 Å². The summed E-state index contributed by atoms with van der Waals surface area (Å²) in [6, 6.07) is 4.83. The maximum absolute atomic E-state index is 12.1. The molecule has 1 saturated heterocycles. The molecule has 2 rings (SSSR count). The van der Waals surface area contributed by atoms with Crippen LogP contribution in [0.1, 0.15) is 23.7 Å². The molecular formula is C12H15ClN2O2. The summed E-state index contributed by atoms with van der Waals surface area (Å²) in [5, 5.41) is 10.2. The lowest BCUT2D eigenvalue weighted by molar-refractivity contribution is 0.0572. The zero-order valence-electron chi connectivity index (χ0n) is 9.61. The number of likely N-dealkylation sites (tertiary alicyclic amines) is 1. The SMILES string of the molecule is CC1(O)CCN(C(=O)c2ccc(N)c(Cl)c2)C1. The first-order chi connectivity index (χ1) is 7.89. The van der Waals surface area contributed by atoms with Crippen molar-refractivity contribution in [3.8, 4) is 0 Å². The third kappa shape index (κ3) is 2.53. The Balaban J connectivity index is 2.18.